The van der Waals surface area contributed by atoms with Crippen molar-refractivity contribution in [1.29, 1.82) is 0 Å². The molecule has 5 atom stereocenters. The van der Waals surface area contributed by atoms with Gasteiger partial charge in [-0.2, -0.15) is 0 Å². The van der Waals surface area contributed by atoms with Crippen molar-refractivity contribution in [2.45, 2.75) is 58.5 Å². The smallest absolute Gasteiger partial charge is 0.0622 e. The summed E-state index contributed by atoms with van der Waals surface area (Å²) in [5, 5.41) is 10.3. The minimum Gasteiger partial charge on any atom is -0.390 e. The van der Waals surface area contributed by atoms with Crippen LogP contribution in [0.5, 0.6) is 0 Å². The van der Waals surface area contributed by atoms with Crippen LogP contribution in [-0.2, 0) is 0 Å². The molecular formula is C15H26O. The van der Waals surface area contributed by atoms with E-state index < -0.39 is 5.60 Å². The molecule has 0 amide bonds. The fraction of sp³-hybridized carbons (Fsp3) is 0.867. The molecule has 0 aliphatic heterocycles. The molecule has 0 heterocycles. The average Bonchev–Trinajstić information content (AvgIpc) is 2.15. The van der Waals surface area contributed by atoms with Gasteiger partial charge in [0.2, 0.25) is 0 Å². The van der Waals surface area contributed by atoms with Gasteiger partial charge in [0.15, 0.2) is 0 Å². The predicted octanol–water partition coefficient (Wildman–Crippen LogP) is 3.78. The number of hydrogen-bond acceptors (Lipinski definition) is 1. The van der Waals surface area contributed by atoms with Crippen LogP contribution in [0.4, 0.5) is 0 Å². The zero-order chi connectivity index (χ0) is 11.9. The Morgan fingerprint density at radius 2 is 1.94 bits per heavy atom. The van der Waals surface area contributed by atoms with Crippen molar-refractivity contribution in [3.05, 3.63) is 12.2 Å². The van der Waals surface area contributed by atoms with Gasteiger partial charge in [-0.25, -0.2) is 0 Å². The lowest BCUT2D eigenvalue weighted by Gasteiger charge is -2.49. The second-order valence-corrected chi connectivity index (χ2v) is 6.57. The van der Waals surface area contributed by atoms with Crippen molar-refractivity contribution < 1.29 is 5.11 Å². The highest BCUT2D eigenvalue weighted by molar-refractivity contribution is 5.06. The zero-order valence-corrected chi connectivity index (χ0v) is 11.0. The molecule has 0 spiro atoms. The van der Waals surface area contributed by atoms with Crippen LogP contribution in [0.1, 0.15) is 52.9 Å². The van der Waals surface area contributed by atoms with Gasteiger partial charge in [-0.1, -0.05) is 19.1 Å². The van der Waals surface area contributed by atoms with Crippen LogP contribution in [-0.4, -0.2) is 10.7 Å². The predicted molar refractivity (Wildman–Crippen MR) is 68.2 cm³/mol. The molecular weight excluding hydrogens is 196 g/mol. The summed E-state index contributed by atoms with van der Waals surface area (Å²) in [5.41, 5.74) is 0.908. The van der Waals surface area contributed by atoms with Crippen LogP contribution < -0.4 is 0 Å². The molecule has 0 radical (unpaired) electrons. The first-order valence-corrected chi connectivity index (χ1v) is 6.78. The van der Waals surface area contributed by atoms with Gasteiger partial charge < -0.3 is 5.11 Å². The molecule has 2 aliphatic rings. The fourth-order valence-electron chi connectivity index (χ4n) is 4.08. The molecule has 0 aromatic rings. The Labute approximate surface area is 99.9 Å². The van der Waals surface area contributed by atoms with Crippen molar-refractivity contribution in [2.75, 3.05) is 0 Å². The van der Waals surface area contributed by atoms with Crippen molar-refractivity contribution >= 4 is 0 Å². The topological polar surface area (TPSA) is 20.2 Å². The van der Waals surface area contributed by atoms with Gasteiger partial charge in [-0.3, -0.25) is 0 Å². The molecule has 16 heavy (non-hydrogen) atoms. The van der Waals surface area contributed by atoms with Gasteiger partial charge in [-0.15, -0.1) is 0 Å². The maximum absolute atomic E-state index is 10.3. The van der Waals surface area contributed by atoms with Crippen molar-refractivity contribution in [3.8, 4) is 0 Å². The molecule has 0 aromatic heterocycles. The monoisotopic (exact) mass is 222 g/mol. The molecule has 0 saturated heterocycles. The SMILES string of the molecule is C=C(C)[C@@H]1CC[C@@H](C)[C@@H]2CC[C@](C)(O)C[C@@H]21. The molecule has 2 fully saturated rings. The molecule has 1 N–H and O–H groups in total. The summed E-state index contributed by atoms with van der Waals surface area (Å²) in [4.78, 5) is 0. The van der Waals surface area contributed by atoms with E-state index in [1.807, 2.05) is 6.92 Å². The number of hydrogen-bond donors (Lipinski definition) is 1. The first kappa shape index (κ1) is 12.2. The molecule has 2 rings (SSSR count). The molecule has 2 aliphatic carbocycles. The van der Waals surface area contributed by atoms with Crippen LogP contribution in [0, 0.1) is 23.7 Å². The molecule has 0 aromatic carbocycles. The molecule has 0 bridgehead atoms. The summed E-state index contributed by atoms with van der Waals surface area (Å²) in [7, 11) is 0. The summed E-state index contributed by atoms with van der Waals surface area (Å²) < 4.78 is 0. The normalized spacial score (nSPS) is 48.5. The van der Waals surface area contributed by atoms with Crippen LogP contribution in [0.15, 0.2) is 12.2 Å². The van der Waals surface area contributed by atoms with Crippen molar-refractivity contribution in [1.82, 2.24) is 0 Å². The Balaban J connectivity index is 2.18. The largest absolute Gasteiger partial charge is 0.390 e. The lowest BCUT2D eigenvalue weighted by Crippen LogP contribution is -2.44. The van der Waals surface area contributed by atoms with Crippen molar-refractivity contribution in [3.63, 3.8) is 0 Å². The molecule has 0 unspecified atom stereocenters. The van der Waals surface area contributed by atoms with Gasteiger partial charge in [0.05, 0.1) is 5.60 Å². The Morgan fingerprint density at radius 1 is 1.25 bits per heavy atom. The summed E-state index contributed by atoms with van der Waals surface area (Å²) in [6.45, 7) is 10.7. The molecule has 1 heteroatoms. The maximum Gasteiger partial charge on any atom is 0.0622 e. The molecule has 92 valence electrons. The highest BCUT2D eigenvalue weighted by Crippen LogP contribution is 2.50. The number of rotatable bonds is 1. The third-order valence-corrected chi connectivity index (χ3v) is 5.06. The van der Waals surface area contributed by atoms with E-state index in [-0.39, 0.29) is 0 Å². The second kappa shape index (κ2) is 4.18. The van der Waals surface area contributed by atoms with E-state index in [0.29, 0.717) is 11.8 Å². The lowest BCUT2D eigenvalue weighted by atomic mass is 9.57. The quantitative estimate of drug-likeness (QED) is 0.669. The van der Waals surface area contributed by atoms with Gasteiger partial charge in [0.25, 0.3) is 0 Å². The minimum atomic E-state index is -0.425. The Kier molecular flexibility index (Phi) is 3.18. The third-order valence-electron chi connectivity index (χ3n) is 5.06. The van der Waals surface area contributed by atoms with Gasteiger partial charge in [0, 0.05) is 0 Å². The maximum atomic E-state index is 10.3. The average molecular weight is 222 g/mol. The Hall–Kier alpha value is -0.300. The first-order valence-electron chi connectivity index (χ1n) is 6.78. The van der Waals surface area contributed by atoms with Gasteiger partial charge in [0.1, 0.15) is 0 Å². The summed E-state index contributed by atoms with van der Waals surface area (Å²) in [6, 6.07) is 0. The second-order valence-electron chi connectivity index (χ2n) is 6.57. The summed E-state index contributed by atoms with van der Waals surface area (Å²) >= 11 is 0. The highest BCUT2D eigenvalue weighted by atomic mass is 16.3. The number of aliphatic hydroxyl groups is 1. The molecule has 2 saturated carbocycles. The van der Waals surface area contributed by atoms with E-state index in [1.165, 1.54) is 24.8 Å². The fourth-order valence-corrected chi connectivity index (χ4v) is 4.08. The van der Waals surface area contributed by atoms with Crippen LogP contribution in [0.25, 0.3) is 0 Å². The van der Waals surface area contributed by atoms with E-state index in [4.69, 9.17) is 0 Å². The number of allylic oxidation sites excluding steroid dienone is 1. The Bertz CT molecular complexity index is 279. The lowest BCUT2D eigenvalue weighted by molar-refractivity contribution is -0.0571. The molecule has 1 nitrogen and oxygen atoms in total. The van der Waals surface area contributed by atoms with Crippen LogP contribution >= 0.6 is 0 Å². The third kappa shape index (κ3) is 2.20. The Morgan fingerprint density at radius 3 is 2.56 bits per heavy atom. The summed E-state index contributed by atoms with van der Waals surface area (Å²) in [5.74, 6) is 3.02. The van der Waals surface area contributed by atoms with Crippen LogP contribution in [0.2, 0.25) is 0 Å². The van der Waals surface area contributed by atoms with E-state index in [0.717, 1.165) is 24.7 Å². The highest BCUT2D eigenvalue weighted by Gasteiger charge is 2.44. The van der Waals surface area contributed by atoms with Gasteiger partial charge in [-0.05, 0) is 69.6 Å². The van der Waals surface area contributed by atoms with Crippen molar-refractivity contribution in [2.24, 2.45) is 23.7 Å². The van der Waals surface area contributed by atoms with E-state index in [1.54, 1.807) is 0 Å². The number of fused-ring (bicyclic) bond motifs is 1. The standard InChI is InChI=1S/C15H26O/c1-10(2)12-6-5-11(3)13-7-8-15(4,16)9-14(12)13/h11-14,16H,1,5-9H2,2-4H3/t11-,12+,13+,14-,15+/m1/s1. The zero-order valence-electron chi connectivity index (χ0n) is 11.0. The van der Waals surface area contributed by atoms with E-state index >= 15 is 0 Å². The van der Waals surface area contributed by atoms with E-state index in [9.17, 15) is 5.11 Å². The minimum absolute atomic E-state index is 0.425. The van der Waals surface area contributed by atoms with Crippen LogP contribution in [0.3, 0.4) is 0 Å². The van der Waals surface area contributed by atoms with E-state index in [2.05, 4.69) is 20.4 Å². The first-order chi connectivity index (χ1) is 7.41. The van der Waals surface area contributed by atoms with Gasteiger partial charge >= 0.3 is 0 Å². The summed E-state index contributed by atoms with van der Waals surface area (Å²) in [6.07, 6.45) is 5.82.